The molecule has 128 valence electrons. The SMILES string of the molecule is CN(C)c1ccc(-c2nc(-c3ccc(Br)cc3)c(CC(=O)O)s2)cc1. The first-order valence-corrected chi connectivity index (χ1v) is 9.30. The van der Waals surface area contributed by atoms with Crippen molar-refractivity contribution < 1.29 is 9.90 Å². The normalized spacial score (nSPS) is 10.7. The average Bonchev–Trinajstić information content (AvgIpc) is 2.98. The molecule has 0 fully saturated rings. The fourth-order valence-electron chi connectivity index (χ4n) is 2.47. The van der Waals surface area contributed by atoms with Crippen LogP contribution in [0.2, 0.25) is 0 Å². The van der Waals surface area contributed by atoms with E-state index in [4.69, 9.17) is 4.98 Å². The minimum absolute atomic E-state index is 0.0289. The average molecular weight is 417 g/mol. The third-order valence-electron chi connectivity index (χ3n) is 3.76. The lowest BCUT2D eigenvalue weighted by molar-refractivity contribution is -0.136. The summed E-state index contributed by atoms with van der Waals surface area (Å²) < 4.78 is 0.978. The maximum atomic E-state index is 11.2. The molecule has 0 atom stereocenters. The highest BCUT2D eigenvalue weighted by Gasteiger charge is 2.17. The summed E-state index contributed by atoms with van der Waals surface area (Å²) in [5, 5.41) is 10.1. The summed E-state index contributed by atoms with van der Waals surface area (Å²) in [6.45, 7) is 0. The predicted octanol–water partition coefficient (Wildman–Crippen LogP) is 4.93. The van der Waals surface area contributed by atoms with Crippen molar-refractivity contribution >= 4 is 38.9 Å². The molecule has 1 heterocycles. The van der Waals surface area contributed by atoms with Crippen LogP contribution in [0.4, 0.5) is 5.69 Å². The molecule has 0 saturated carbocycles. The first-order chi connectivity index (χ1) is 11.9. The molecule has 1 aromatic heterocycles. The smallest absolute Gasteiger partial charge is 0.308 e. The van der Waals surface area contributed by atoms with E-state index in [2.05, 4.69) is 15.9 Å². The van der Waals surface area contributed by atoms with Crippen LogP contribution >= 0.6 is 27.3 Å². The van der Waals surface area contributed by atoms with Crippen molar-refractivity contribution in [3.8, 4) is 21.8 Å². The first kappa shape index (κ1) is 17.6. The number of rotatable bonds is 5. The highest BCUT2D eigenvalue weighted by atomic mass is 79.9. The number of hydrogen-bond acceptors (Lipinski definition) is 4. The standard InChI is InChI=1S/C19H17BrN2O2S/c1-22(2)15-9-5-13(6-10-15)19-21-18(16(25-19)11-17(23)24)12-3-7-14(20)8-4-12/h3-10H,11H2,1-2H3,(H,23,24). The summed E-state index contributed by atoms with van der Waals surface area (Å²) in [5.74, 6) is -0.850. The summed E-state index contributed by atoms with van der Waals surface area (Å²) >= 11 is 4.86. The molecule has 0 aliphatic carbocycles. The van der Waals surface area contributed by atoms with Crippen LogP contribution in [0.1, 0.15) is 4.88 Å². The van der Waals surface area contributed by atoms with E-state index >= 15 is 0 Å². The zero-order valence-electron chi connectivity index (χ0n) is 13.9. The van der Waals surface area contributed by atoms with Crippen LogP contribution in [0.3, 0.4) is 0 Å². The molecule has 0 spiro atoms. The highest BCUT2D eigenvalue weighted by Crippen LogP contribution is 2.35. The van der Waals surface area contributed by atoms with Crippen LogP contribution in [0, 0.1) is 0 Å². The summed E-state index contributed by atoms with van der Waals surface area (Å²) in [5.41, 5.74) is 3.77. The number of carboxylic acids is 1. The van der Waals surface area contributed by atoms with Gasteiger partial charge in [0.1, 0.15) is 5.01 Å². The molecule has 1 N–H and O–H groups in total. The lowest BCUT2D eigenvalue weighted by Crippen LogP contribution is -2.07. The predicted molar refractivity (Wildman–Crippen MR) is 106 cm³/mol. The van der Waals surface area contributed by atoms with Crippen molar-refractivity contribution in [3.05, 3.63) is 57.9 Å². The number of hydrogen-bond donors (Lipinski definition) is 1. The van der Waals surface area contributed by atoms with Gasteiger partial charge in [-0.1, -0.05) is 28.1 Å². The molecular formula is C19H17BrN2O2S. The summed E-state index contributed by atoms with van der Waals surface area (Å²) in [4.78, 5) is 18.8. The highest BCUT2D eigenvalue weighted by molar-refractivity contribution is 9.10. The van der Waals surface area contributed by atoms with Gasteiger partial charge in [0.25, 0.3) is 0 Å². The molecule has 0 aliphatic rings. The number of anilines is 1. The van der Waals surface area contributed by atoms with E-state index in [-0.39, 0.29) is 6.42 Å². The van der Waals surface area contributed by atoms with Gasteiger partial charge in [-0.25, -0.2) is 4.98 Å². The second-order valence-electron chi connectivity index (χ2n) is 5.81. The van der Waals surface area contributed by atoms with E-state index in [0.29, 0.717) is 0 Å². The fraction of sp³-hybridized carbons (Fsp3) is 0.158. The minimum Gasteiger partial charge on any atom is -0.481 e. The molecule has 0 radical (unpaired) electrons. The van der Waals surface area contributed by atoms with Gasteiger partial charge < -0.3 is 10.0 Å². The van der Waals surface area contributed by atoms with Crippen LogP contribution < -0.4 is 4.90 Å². The van der Waals surface area contributed by atoms with E-state index < -0.39 is 5.97 Å². The van der Waals surface area contributed by atoms with Gasteiger partial charge in [-0.15, -0.1) is 11.3 Å². The quantitative estimate of drug-likeness (QED) is 0.640. The van der Waals surface area contributed by atoms with Gasteiger partial charge in [0, 0.05) is 40.3 Å². The van der Waals surface area contributed by atoms with Crippen molar-refractivity contribution in [2.45, 2.75) is 6.42 Å². The maximum absolute atomic E-state index is 11.2. The largest absolute Gasteiger partial charge is 0.481 e. The molecule has 6 heteroatoms. The Bertz CT molecular complexity index is 887. The Balaban J connectivity index is 2.03. The van der Waals surface area contributed by atoms with Gasteiger partial charge in [-0.3, -0.25) is 4.79 Å². The maximum Gasteiger partial charge on any atom is 0.308 e. The van der Waals surface area contributed by atoms with Crippen LogP contribution in [-0.4, -0.2) is 30.2 Å². The molecule has 3 rings (SSSR count). The van der Waals surface area contributed by atoms with Crippen molar-refractivity contribution in [3.63, 3.8) is 0 Å². The summed E-state index contributed by atoms with van der Waals surface area (Å²) in [7, 11) is 3.99. The zero-order chi connectivity index (χ0) is 18.0. The Morgan fingerprint density at radius 3 is 2.24 bits per heavy atom. The Kier molecular flexibility index (Phi) is 5.20. The molecule has 25 heavy (non-hydrogen) atoms. The lowest BCUT2D eigenvalue weighted by Gasteiger charge is -2.11. The van der Waals surface area contributed by atoms with E-state index in [0.717, 1.165) is 36.9 Å². The topological polar surface area (TPSA) is 53.4 Å². The number of halogens is 1. The first-order valence-electron chi connectivity index (χ1n) is 7.69. The number of thiazole rings is 1. The van der Waals surface area contributed by atoms with Crippen LogP contribution in [0.15, 0.2) is 53.0 Å². The monoisotopic (exact) mass is 416 g/mol. The molecule has 2 aromatic carbocycles. The zero-order valence-corrected chi connectivity index (χ0v) is 16.3. The van der Waals surface area contributed by atoms with Crippen molar-refractivity contribution in [2.24, 2.45) is 0 Å². The van der Waals surface area contributed by atoms with E-state index in [9.17, 15) is 9.90 Å². The molecule has 0 saturated heterocycles. The number of carboxylic acid groups (broad SMARTS) is 1. The lowest BCUT2D eigenvalue weighted by atomic mass is 10.1. The van der Waals surface area contributed by atoms with Crippen LogP contribution in [-0.2, 0) is 11.2 Å². The van der Waals surface area contributed by atoms with E-state index in [1.165, 1.54) is 11.3 Å². The van der Waals surface area contributed by atoms with Crippen molar-refractivity contribution in [1.29, 1.82) is 0 Å². The molecule has 0 bridgehead atoms. The van der Waals surface area contributed by atoms with Crippen molar-refractivity contribution in [2.75, 3.05) is 19.0 Å². The van der Waals surface area contributed by atoms with Gasteiger partial charge in [0.05, 0.1) is 12.1 Å². The van der Waals surface area contributed by atoms with E-state index in [1.54, 1.807) is 0 Å². The van der Waals surface area contributed by atoms with Gasteiger partial charge in [-0.05, 0) is 36.4 Å². The second-order valence-corrected chi connectivity index (χ2v) is 7.81. The van der Waals surface area contributed by atoms with Gasteiger partial charge in [0.2, 0.25) is 0 Å². The molecule has 3 aromatic rings. The molecule has 4 nitrogen and oxygen atoms in total. The van der Waals surface area contributed by atoms with Crippen molar-refractivity contribution in [1.82, 2.24) is 4.98 Å². The molecule has 0 unspecified atom stereocenters. The van der Waals surface area contributed by atoms with Crippen LogP contribution in [0.25, 0.3) is 21.8 Å². The number of aromatic nitrogens is 1. The van der Waals surface area contributed by atoms with E-state index in [1.807, 2.05) is 67.5 Å². The fourth-order valence-corrected chi connectivity index (χ4v) is 3.81. The number of carbonyl (C=O) groups is 1. The summed E-state index contributed by atoms with van der Waals surface area (Å²) in [6, 6.07) is 15.9. The van der Waals surface area contributed by atoms with Gasteiger partial charge >= 0.3 is 5.97 Å². The molecular weight excluding hydrogens is 400 g/mol. The van der Waals surface area contributed by atoms with Gasteiger partial charge in [-0.2, -0.15) is 0 Å². The molecule has 0 amide bonds. The Labute approximate surface area is 158 Å². The third-order valence-corrected chi connectivity index (χ3v) is 5.39. The number of nitrogens with zero attached hydrogens (tertiary/aromatic N) is 2. The number of benzene rings is 2. The second kappa shape index (κ2) is 7.37. The number of aliphatic carboxylic acids is 1. The Morgan fingerprint density at radius 1 is 1.08 bits per heavy atom. The van der Waals surface area contributed by atoms with Crippen LogP contribution in [0.5, 0.6) is 0 Å². The summed E-state index contributed by atoms with van der Waals surface area (Å²) in [6.07, 6.45) is -0.0289. The third kappa shape index (κ3) is 4.08. The van der Waals surface area contributed by atoms with Gasteiger partial charge in [0.15, 0.2) is 0 Å². The Hall–Kier alpha value is -2.18. The molecule has 0 aliphatic heterocycles. The minimum atomic E-state index is -0.850. The Morgan fingerprint density at radius 2 is 1.68 bits per heavy atom.